The van der Waals surface area contributed by atoms with E-state index < -0.39 is 6.10 Å². The van der Waals surface area contributed by atoms with Crippen LogP contribution in [0.5, 0.6) is 0 Å². The molecule has 0 saturated carbocycles. The zero-order valence-corrected chi connectivity index (χ0v) is 13.4. The summed E-state index contributed by atoms with van der Waals surface area (Å²) in [6.45, 7) is 8.76. The van der Waals surface area contributed by atoms with E-state index in [4.69, 9.17) is 9.47 Å². The van der Waals surface area contributed by atoms with Gasteiger partial charge in [-0.3, -0.25) is 0 Å². The minimum Gasteiger partial charge on any atom is -0.389 e. The van der Waals surface area contributed by atoms with E-state index in [-0.39, 0.29) is 6.10 Å². The Morgan fingerprint density at radius 1 is 1.40 bits per heavy atom. The van der Waals surface area contributed by atoms with Crippen molar-refractivity contribution in [2.24, 2.45) is 0 Å². The molecule has 0 saturated heterocycles. The van der Waals surface area contributed by atoms with E-state index in [2.05, 4.69) is 15.7 Å². The molecule has 0 aromatic carbocycles. The van der Waals surface area contributed by atoms with E-state index in [0.29, 0.717) is 26.4 Å². The van der Waals surface area contributed by atoms with Gasteiger partial charge in [0.05, 0.1) is 42.7 Å². The number of nitrogens with one attached hydrogen (secondary N) is 1. The summed E-state index contributed by atoms with van der Waals surface area (Å²) in [7, 11) is 0. The third-order valence-electron chi connectivity index (χ3n) is 2.59. The van der Waals surface area contributed by atoms with Crippen LogP contribution in [0.1, 0.15) is 24.5 Å². The zero-order valence-electron chi connectivity index (χ0n) is 12.6. The Morgan fingerprint density at radius 3 is 2.85 bits per heavy atom. The second kappa shape index (κ2) is 10.2. The first-order valence-electron chi connectivity index (χ1n) is 7.07. The van der Waals surface area contributed by atoms with Crippen molar-refractivity contribution < 1.29 is 14.6 Å². The Hall–Kier alpha value is -0.530. The minimum absolute atomic E-state index is 0.222. The lowest BCUT2D eigenvalue weighted by atomic mass is 10.3. The third-order valence-corrected chi connectivity index (χ3v) is 3.42. The number of nitrogens with zero attached hydrogens (tertiary/aromatic N) is 1. The summed E-state index contributed by atoms with van der Waals surface area (Å²) < 4.78 is 10.7. The van der Waals surface area contributed by atoms with Gasteiger partial charge in [0, 0.05) is 24.9 Å². The standard InChI is InChI=1S/C14H26N2O3S/c1-11(2)19-7-6-18-9-14(17)8-15-5-4-13-10-20-12(3)16-13/h10-11,14-15,17H,4-9H2,1-3H3. The molecule has 116 valence electrons. The molecule has 1 rings (SSSR count). The van der Waals surface area contributed by atoms with Crippen LogP contribution in [0.3, 0.4) is 0 Å². The predicted molar refractivity (Wildman–Crippen MR) is 81.3 cm³/mol. The second-order valence-corrected chi connectivity index (χ2v) is 6.02. The highest BCUT2D eigenvalue weighted by Crippen LogP contribution is 2.07. The molecule has 0 bridgehead atoms. The first-order valence-corrected chi connectivity index (χ1v) is 7.95. The minimum atomic E-state index is -0.480. The summed E-state index contributed by atoms with van der Waals surface area (Å²) in [6.07, 6.45) is 0.630. The van der Waals surface area contributed by atoms with E-state index >= 15 is 0 Å². The van der Waals surface area contributed by atoms with Crippen LogP contribution < -0.4 is 5.32 Å². The number of hydrogen-bond acceptors (Lipinski definition) is 6. The van der Waals surface area contributed by atoms with Gasteiger partial charge in [0.2, 0.25) is 0 Å². The van der Waals surface area contributed by atoms with Crippen molar-refractivity contribution in [2.45, 2.75) is 39.4 Å². The Balaban J connectivity index is 1.93. The Morgan fingerprint density at radius 2 is 2.20 bits per heavy atom. The first kappa shape index (κ1) is 17.5. The molecule has 1 heterocycles. The normalized spacial score (nSPS) is 13.1. The number of hydrogen-bond donors (Lipinski definition) is 2. The summed E-state index contributed by atoms with van der Waals surface area (Å²) in [5.74, 6) is 0. The third kappa shape index (κ3) is 8.60. The molecule has 0 aliphatic heterocycles. The van der Waals surface area contributed by atoms with Gasteiger partial charge >= 0.3 is 0 Å². The number of thiazole rings is 1. The van der Waals surface area contributed by atoms with Crippen LogP contribution >= 0.6 is 11.3 Å². The molecule has 0 aliphatic carbocycles. The maximum Gasteiger partial charge on any atom is 0.0897 e. The molecule has 0 spiro atoms. The van der Waals surface area contributed by atoms with Crippen molar-refractivity contribution in [2.75, 3.05) is 32.9 Å². The highest BCUT2D eigenvalue weighted by atomic mass is 32.1. The molecular weight excluding hydrogens is 276 g/mol. The van der Waals surface area contributed by atoms with E-state index in [9.17, 15) is 5.11 Å². The number of aliphatic hydroxyl groups is 1. The quantitative estimate of drug-likeness (QED) is 0.605. The topological polar surface area (TPSA) is 63.6 Å². The first-order chi connectivity index (χ1) is 9.58. The summed E-state index contributed by atoms with van der Waals surface area (Å²) in [5, 5.41) is 16.1. The molecule has 0 radical (unpaired) electrons. The monoisotopic (exact) mass is 302 g/mol. The summed E-state index contributed by atoms with van der Waals surface area (Å²) in [6, 6.07) is 0. The van der Waals surface area contributed by atoms with Gasteiger partial charge < -0.3 is 19.9 Å². The number of aliphatic hydroxyl groups excluding tert-OH is 1. The average Bonchev–Trinajstić information content (AvgIpc) is 2.80. The molecule has 0 amide bonds. The van der Waals surface area contributed by atoms with Gasteiger partial charge in [0.1, 0.15) is 0 Å². The highest BCUT2D eigenvalue weighted by molar-refractivity contribution is 7.09. The Labute approximate surface area is 125 Å². The lowest BCUT2D eigenvalue weighted by Gasteiger charge is -2.13. The van der Waals surface area contributed by atoms with Gasteiger partial charge in [0.15, 0.2) is 0 Å². The van der Waals surface area contributed by atoms with Gasteiger partial charge in [-0.1, -0.05) is 0 Å². The van der Waals surface area contributed by atoms with Gasteiger partial charge in [-0.05, 0) is 20.8 Å². The molecule has 1 aromatic rings. The Kier molecular flexibility index (Phi) is 8.97. The fourth-order valence-corrected chi connectivity index (χ4v) is 2.28. The SMILES string of the molecule is Cc1nc(CCNCC(O)COCCOC(C)C)cs1. The van der Waals surface area contributed by atoms with Crippen LogP contribution in [0.15, 0.2) is 5.38 Å². The van der Waals surface area contributed by atoms with E-state index in [1.54, 1.807) is 11.3 Å². The predicted octanol–water partition coefficient (Wildman–Crippen LogP) is 1.39. The lowest BCUT2D eigenvalue weighted by Crippen LogP contribution is -2.32. The van der Waals surface area contributed by atoms with E-state index in [0.717, 1.165) is 23.7 Å². The maximum atomic E-state index is 9.72. The van der Waals surface area contributed by atoms with Gasteiger partial charge in [0.25, 0.3) is 0 Å². The Bertz CT molecular complexity index is 358. The summed E-state index contributed by atoms with van der Waals surface area (Å²) >= 11 is 1.67. The molecule has 1 atom stereocenters. The van der Waals surface area contributed by atoms with Crippen LogP contribution in [0, 0.1) is 6.92 Å². The summed E-state index contributed by atoms with van der Waals surface area (Å²) in [4.78, 5) is 4.39. The van der Waals surface area contributed by atoms with Gasteiger partial charge in [-0.15, -0.1) is 11.3 Å². The molecule has 6 heteroatoms. The van der Waals surface area contributed by atoms with Crippen molar-refractivity contribution in [3.05, 3.63) is 16.1 Å². The molecule has 2 N–H and O–H groups in total. The van der Waals surface area contributed by atoms with Gasteiger partial charge in [-0.25, -0.2) is 4.98 Å². The highest BCUT2D eigenvalue weighted by Gasteiger charge is 2.04. The lowest BCUT2D eigenvalue weighted by molar-refractivity contribution is -0.00989. The largest absolute Gasteiger partial charge is 0.389 e. The fourth-order valence-electron chi connectivity index (χ4n) is 1.63. The van der Waals surface area contributed by atoms with Crippen molar-refractivity contribution in [1.29, 1.82) is 0 Å². The second-order valence-electron chi connectivity index (χ2n) is 4.96. The van der Waals surface area contributed by atoms with Crippen LogP contribution in [0.4, 0.5) is 0 Å². The maximum absolute atomic E-state index is 9.72. The summed E-state index contributed by atoms with van der Waals surface area (Å²) in [5.41, 5.74) is 1.11. The number of rotatable bonds is 11. The smallest absolute Gasteiger partial charge is 0.0897 e. The van der Waals surface area contributed by atoms with Crippen LogP contribution in [-0.4, -0.2) is 55.2 Å². The molecule has 0 fully saturated rings. The number of aromatic nitrogens is 1. The van der Waals surface area contributed by atoms with Crippen molar-refractivity contribution in [1.82, 2.24) is 10.3 Å². The van der Waals surface area contributed by atoms with E-state index in [1.165, 1.54) is 0 Å². The zero-order chi connectivity index (χ0) is 14.8. The molecule has 20 heavy (non-hydrogen) atoms. The van der Waals surface area contributed by atoms with Crippen molar-refractivity contribution in [3.8, 4) is 0 Å². The van der Waals surface area contributed by atoms with Crippen LogP contribution in [-0.2, 0) is 15.9 Å². The number of ether oxygens (including phenoxy) is 2. The molecular formula is C14H26N2O3S. The fraction of sp³-hybridized carbons (Fsp3) is 0.786. The number of aryl methyl sites for hydroxylation is 1. The van der Waals surface area contributed by atoms with Crippen LogP contribution in [0.2, 0.25) is 0 Å². The van der Waals surface area contributed by atoms with Gasteiger partial charge in [-0.2, -0.15) is 0 Å². The molecule has 5 nitrogen and oxygen atoms in total. The average molecular weight is 302 g/mol. The van der Waals surface area contributed by atoms with E-state index in [1.807, 2.05) is 20.8 Å². The van der Waals surface area contributed by atoms with Crippen molar-refractivity contribution >= 4 is 11.3 Å². The molecule has 0 aliphatic rings. The molecule has 1 unspecified atom stereocenters. The van der Waals surface area contributed by atoms with Crippen LogP contribution in [0.25, 0.3) is 0 Å². The van der Waals surface area contributed by atoms with Crippen molar-refractivity contribution in [3.63, 3.8) is 0 Å². The molecule has 1 aromatic heterocycles.